The second-order valence-corrected chi connectivity index (χ2v) is 4.86. The summed E-state index contributed by atoms with van der Waals surface area (Å²) in [6.07, 6.45) is 0. The highest BCUT2D eigenvalue weighted by molar-refractivity contribution is 6.11. The van der Waals surface area contributed by atoms with Gasteiger partial charge >= 0.3 is 0 Å². The number of hydrogen-bond donors (Lipinski definition) is 1. The number of fused-ring (bicyclic) bond motifs is 1. The highest BCUT2D eigenvalue weighted by Gasteiger charge is 2.13. The molecule has 0 radical (unpaired) electrons. The molecule has 0 spiro atoms. The van der Waals surface area contributed by atoms with Gasteiger partial charge in [-0.2, -0.15) is 15.6 Å². The Kier molecular flexibility index (Phi) is 3.73. The van der Waals surface area contributed by atoms with Crippen LogP contribution in [-0.2, 0) is 7.05 Å². The van der Waals surface area contributed by atoms with Crippen molar-refractivity contribution in [3.8, 4) is 12.1 Å². The topological polar surface area (TPSA) is 89.8 Å². The Morgan fingerprint density at radius 1 is 1.17 bits per heavy atom. The van der Waals surface area contributed by atoms with Crippen molar-refractivity contribution < 1.29 is 0 Å². The van der Waals surface area contributed by atoms with Gasteiger partial charge in [0.05, 0.1) is 28.4 Å². The molecule has 1 heterocycles. The Balaban J connectivity index is 1.97. The van der Waals surface area contributed by atoms with Crippen molar-refractivity contribution in [2.45, 2.75) is 0 Å². The largest absolute Gasteiger partial charge is 0.325 e. The van der Waals surface area contributed by atoms with Gasteiger partial charge in [-0.1, -0.05) is 18.2 Å². The van der Waals surface area contributed by atoms with Crippen molar-refractivity contribution in [1.82, 2.24) is 9.55 Å². The molecule has 110 valence electrons. The number of anilines is 1. The van der Waals surface area contributed by atoms with Crippen LogP contribution in [0.15, 0.2) is 53.6 Å². The van der Waals surface area contributed by atoms with Gasteiger partial charge in [0.15, 0.2) is 5.82 Å². The number of nitrogens with zero attached hydrogens (tertiary/aromatic N) is 5. The summed E-state index contributed by atoms with van der Waals surface area (Å²) in [7, 11) is 1.84. The quantitative estimate of drug-likeness (QED) is 0.595. The van der Waals surface area contributed by atoms with E-state index in [2.05, 4.69) is 27.6 Å². The molecule has 3 rings (SSSR count). The molecule has 6 nitrogen and oxygen atoms in total. The summed E-state index contributed by atoms with van der Waals surface area (Å²) in [5, 5.41) is 22.4. The molecule has 0 fully saturated rings. The maximum absolute atomic E-state index is 9.38. The van der Waals surface area contributed by atoms with Gasteiger partial charge in [0.25, 0.3) is 0 Å². The molecule has 0 amide bonds. The summed E-state index contributed by atoms with van der Waals surface area (Å²) in [6.45, 7) is 0. The Hall–Kier alpha value is -3.64. The van der Waals surface area contributed by atoms with E-state index in [-0.39, 0.29) is 5.71 Å². The molecule has 1 N–H and O–H groups in total. The lowest BCUT2D eigenvalue weighted by atomic mass is 10.2. The van der Waals surface area contributed by atoms with Gasteiger partial charge in [0.2, 0.25) is 5.71 Å². The van der Waals surface area contributed by atoms with E-state index >= 15 is 0 Å². The molecule has 0 aliphatic heterocycles. The molecular formula is C17H12N6. The lowest BCUT2D eigenvalue weighted by molar-refractivity contribution is 0.929. The van der Waals surface area contributed by atoms with Crippen LogP contribution >= 0.6 is 0 Å². The molecular weight excluding hydrogens is 288 g/mol. The molecule has 0 bridgehead atoms. The number of rotatable bonds is 3. The maximum Gasteiger partial charge on any atom is 0.203 e. The zero-order chi connectivity index (χ0) is 16.2. The molecule has 0 aliphatic carbocycles. The number of benzene rings is 2. The standard InChI is InChI=1S/C17H12N6/c1-23-16-8-3-2-7-14(16)20-17(23)15(11-19)22-21-13-6-4-5-12(9-13)10-18/h2-9,21H,1H3/b22-15+. The minimum absolute atomic E-state index is 0.172. The van der Waals surface area contributed by atoms with Crippen molar-refractivity contribution in [3.05, 3.63) is 59.9 Å². The predicted octanol–water partition coefficient (Wildman–Crippen LogP) is 2.78. The van der Waals surface area contributed by atoms with Crippen molar-refractivity contribution >= 4 is 22.4 Å². The van der Waals surface area contributed by atoms with Gasteiger partial charge < -0.3 is 4.57 Å². The summed E-state index contributed by atoms with van der Waals surface area (Å²) < 4.78 is 1.82. The fourth-order valence-electron chi connectivity index (χ4n) is 2.26. The van der Waals surface area contributed by atoms with Crippen LogP contribution in [0.25, 0.3) is 11.0 Å². The van der Waals surface area contributed by atoms with Gasteiger partial charge in [-0.25, -0.2) is 4.98 Å². The first-order valence-electron chi connectivity index (χ1n) is 6.88. The number of aromatic nitrogens is 2. The van der Waals surface area contributed by atoms with Crippen LogP contribution < -0.4 is 5.43 Å². The Morgan fingerprint density at radius 3 is 2.74 bits per heavy atom. The molecule has 3 aromatic rings. The number of aryl methyl sites for hydroxylation is 1. The van der Waals surface area contributed by atoms with Crippen LogP contribution in [0.2, 0.25) is 0 Å². The minimum atomic E-state index is 0.172. The van der Waals surface area contributed by atoms with E-state index in [1.165, 1.54) is 0 Å². The number of nitriles is 2. The smallest absolute Gasteiger partial charge is 0.203 e. The van der Waals surface area contributed by atoms with Gasteiger partial charge in [0.1, 0.15) is 6.07 Å². The van der Waals surface area contributed by atoms with E-state index in [9.17, 15) is 5.26 Å². The molecule has 2 aromatic carbocycles. The van der Waals surface area contributed by atoms with Gasteiger partial charge in [-0.3, -0.25) is 5.43 Å². The van der Waals surface area contributed by atoms with Gasteiger partial charge in [-0.05, 0) is 30.3 Å². The van der Waals surface area contributed by atoms with E-state index < -0.39 is 0 Å². The fourth-order valence-corrected chi connectivity index (χ4v) is 2.26. The molecule has 6 heteroatoms. The van der Waals surface area contributed by atoms with Crippen molar-refractivity contribution in [2.24, 2.45) is 12.1 Å². The molecule has 23 heavy (non-hydrogen) atoms. The zero-order valence-electron chi connectivity index (χ0n) is 12.4. The summed E-state index contributed by atoms with van der Waals surface area (Å²) in [4.78, 5) is 4.45. The van der Waals surface area contributed by atoms with Crippen molar-refractivity contribution in [1.29, 1.82) is 10.5 Å². The van der Waals surface area contributed by atoms with E-state index in [0.717, 1.165) is 11.0 Å². The number of nitrogens with one attached hydrogen (secondary N) is 1. The number of hydrazone groups is 1. The second kappa shape index (κ2) is 6.00. The molecule has 0 aliphatic rings. The summed E-state index contributed by atoms with van der Waals surface area (Å²) in [5.74, 6) is 0.484. The second-order valence-electron chi connectivity index (χ2n) is 4.86. The molecule has 0 atom stereocenters. The lowest BCUT2D eigenvalue weighted by Crippen LogP contribution is -2.09. The first kappa shape index (κ1) is 14.3. The fraction of sp³-hybridized carbons (Fsp3) is 0.0588. The van der Waals surface area contributed by atoms with Crippen LogP contribution in [-0.4, -0.2) is 15.3 Å². The van der Waals surface area contributed by atoms with Gasteiger partial charge in [0, 0.05) is 7.05 Å². The Labute approximate surface area is 132 Å². The van der Waals surface area contributed by atoms with E-state index in [1.54, 1.807) is 24.3 Å². The lowest BCUT2D eigenvalue weighted by Gasteiger charge is -2.03. The SMILES string of the molecule is Cn1c(/C(C#N)=N/Nc2cccc(C#N)c2)nc2ccccc21. The van der Waals surface area contributed by atoms with Crippen molar-refractivity contribution in [3.63, 3.8) is 0 Å². The Bertz CT molecular complexity index is 984. The first-order valence-corrected chi connectivity index (χ1v) is 6.88. The van der Waals surface area contributed by atoms with E-state index in [4.69, 9.17) is 5.26 Å². The third kappa shape index (κ3) is 2.74. The first-order chi connectivity index (χ1) is 11.2. The summed E-state index contributed by atoms with van der Waals surface area (Å²) in [6, 6.07) is 18.6. The van der Waals surface area contributed by atoms with Crippen LogP contribution in [0.1, 0.15) is 11.4 Å². The van der Waals surface area contributed by atoms with Gasteiger partial charge in [-0.15, -0.1) is 0 Å². The summed E-state index contributed by atoms with van der Waals surface area (Å²) in [5.41, 5.74) is 5.86. The van der Waals surface area contributed by atoms with Crippen LogP contribution in [0.4, 0.5) is 5.69 Å². The molecule has 0 saturated heterocycles. The van der Waals surface area contributed by atoms with E-state index in [1.807, 2.05) is 35.9 Å². The molecule has 0 saturated carbocycles. The summed E-state index contributed by atoms with van der Waals surface area (Å²) >= 11 is 0. The zero-order valence-corrected chi connectivity index (χ0v) is 12.4. The van der Waals surface area contributed by atoms with Crippen LogP contribution in [0, 0.1) is 22.7 Å². The third-order valence-corrected chi connectivity index (χ3v) is 3.39. The van der Waals surface area contributed by atoms with E-state index in [0.29, 0.717) is 17.1 Å². The Morgan fingerprint density at radius 2 is 2.00 bits per heavy atom. The average Bonchev–Trinajstić information content (AvgIpc) is 2.93. The monoisotopic (exact) mass is 300 g/mol. The van der Waals surface area contributed by atoms with Crippen molar-refractivity contribution in [2.75, 3.05) is 5.43 Å². The van der Waals surface area contributed by atoms with Crippen LogP contribution in [0.3, 0.4) is 0 Å². The normalized spacial score (nSPS) is 11.0. The third-order valence-electron chi connectivity index (χ3n) is 3.39. The average molecular weight is 300 g/mol. The van der Waals surface area contributed by atoms with Crippen LogP contribution in [0.5, 0.6) is 0 Å². The molecule has 0 unspecified atom stereocenters. The maximum atomic E-state index is 9.38. The molecule has 1 aromatic heterocycles. The highest BCUT2D eigenvalue weighted by Crippen LogP contribution is 2.15. The minimum Gasteiger partial charge on any atom is -0.325 e. The number of para-hydroxylation sites is 2. The number of hydrogen-bond acceptors (Lipinski definition) is 5. The highest BCUT2D eigenvalue weighted by atomic mass is 15.3. The number of imidazole rings is 1. The predicted molar refractivity (Wildman–Crippen MR) is 87.6 cm³/mol.